The van der Waals surface area contributed by atoms with Crippen molar-refractivity contribution in [2.45, 2.75) is 115 Å². The fourth-order valence-electron chi connectivity index (χ4n) is 3.98. The van der Waals surface area contributed by atoms with E-state index >= 15 is 0 Å². The Morgan fingerprint density at radius 1 is 0.714 bits per heavy atom. The molecule has 0 saturated heterocycles. The molecule has 28 heavy (non-hydrogen) atoms. The Bertz CT molecular complexity index is 508. The molecule has 1 heterocycles. The highest BCUT2D eigenvalue weighted by Gasteiger charge is 2.34. The Morgan fingerprint density at radius 2 is 1.11 bits per heavy atom. The maximum atomic E-state index is 11.5. The third kappa shape index (κ3) is 11.3. The van der Waals surface area contributed by atoms with Crippen LogP contribution in [-0.2, 0) is 10.1 Å². The monoisotopic (exact) mass is 416 g/mol. The van der Waals surface area contributed by atoms with Crippen LogP contribution in [0.5, 0.6) is 0 Å². The summed E-state index contributed by atoms with van der Waals surface area (Å²) in [5.74, 6) is 0. The first kappa shape index (κ1) is 25.3. The SMILES string of the molecule is CCCCCCCCCCCCCCCCCCN1C=CN(C)C1S(=O)(=O)O. The van der Waals surface area contributed by atoms with Gasteiger partial charge in [0.25, 0.3) is 0 Å². The molecule has 1 atom stereocenters. The highest BCUT2D eigenvalue weighted by Crippen LogP contribution is 2.19. The van der Waals surface area contributed by atoms with Crippen LogP contribution >= 0.6 is 0 Å². The van der Waals surface area contributed by atoms with E-state index in [1.165, 1.54) is 94.8 Å². The molecule has 0 aromatic carbocycles. The highest BCUT2D eigenvalue weighted by molar-refractivity contribution is 7.86. The molecular formula is C22H44N2O3S. The summed E-state index contributed by atoms with van der Waals surface area (Å²) >= 11 is 0. The van der Waals surface area contributed by atoms with Gasteiger partial charge in [-0.25, -0.2) is 0 Å². The largest absolute Gasteiger partial charge is 0.345 e. The third-order valence-corrected chi connectivity index (χ3v) is 6.80. The van der Waals surface area contributed by atoms with Crippen LogP contribution in [0.15, 0.2) is 12.4 Å². The van der Waals surface area contributed by atoms with Gasteiger partial charge < -0.3 is 9.80 Å². The van der Waals surface area contributed by atoms with Crippen LogP contribution < -0.4 is 0 Å². The molecule has 0 amide bonds. The summed E-state index contributed by atoms with van der Waals surface area (Å²) in [5.41, 5.74) is -0.955. The van der Waals surface area contributed by atoms with Gasteiger partial charge in [0.2, 0.25) is 5.50 Å². The van der Waals surface area contributed by atoms with Crippen molar-refractivity contribution in [3.63, 3.8) is 0 Å². The van der Waals surface area contributed by atoms with E-state index in [4.69, 9.17) is 0 Å². The molecule has 166 valence electrons. The number of hydrogen-bond donors (Lipinski definition) is 1. The molecule has 0 fully saturated rings. The molecule has 0 aliphatic carbocycles. The summed E-state index contributed by atoms with van der Waals surface area (Å²) in [6, 6.07) is 0. The second-order valence-corrected chi connectivity index (χ2v) is 9.80. The fourth-order valence-corrected chi connectivity index (χ4v) is 4.99. The number of rotatable bonds is 18. The van der Waals surface area contributed by atoms with Gasteiger partial charge in [-0.1, -0.05) is 103 Å². The van der Waals surface area contributed by atoms with E-state index in [0.717, 1.165) is 12.8 Å². The first-order valence-corrected chi connectivity index (χ1v) is 13.1. The zero-order valence-corrected chi connectivity index (χ0v) is 19.1. The summed E-state index contributed by atoms with van der Waals surface area (Å²) in [6.45, 7) is 2.94. The van der Waals surface area contributed by atoms with Crippen LogP contribution in [0.4, 0.5) is 0 Å². The molecule has 1 aliphatic heterocycles. The molecule has 1 rings (SSSR count). The molecule has 0 radical (unpaired) electrons. The molecule has 0 aromatic rings. The average Bonchev–Trinajstić information content (AvgIpc) is 3.02. The number of hydrogen-bond acceptors (Lipinski definition) is 4. The summed E-state index contributed by atoms with van der Waals surface area (Å²) in [4.78, 5) is 3.24. The lowest BCUT2D eigenvalue weighted by Crippen LogP contribution is -2.43. The lowest BCUT2D eigenvalue weighted by Gasteiger charge is -2.27. The third-order valence-electron chi connectivity index (χ3n) is 5.66. The lowest BCUT2D eigenvalue weighted by atomic mass is 10.0. The van der Waals surface area contributed by atoms with Gasteiger partial charge in [-0.3, -0.25) is 4.55 Å². The minimum Gasteiger partial charge on any atom is -0.345 e. The van der Waals surface area contributed by atoms with Crippen molar-refractivity contribution in [3.8, 4) is 0 Å². The van der Waals surface area contributed by atoms with Crippen molar-refractivity contribution in [1.29, 1.82) is 0 Å². The molecular weight excluding hydrogens is 372 g/mol. The lowest BCUT2D eigenvalue weighted by molar-refractivity contribution is 0.230. The minimum atomic E-state index is -4.08. The molecule has 0 spiro atoms. The Hall–Kier alpha value is -0.750. The van der Waals surface area contributed by atoms with Crippen molar-refractivity contribution in [1.82, 2.24) is 9.80 Å². The minimum absolute atomic E-state index is 0.670. The van der Waals surface area contributed by atoms with E-state index in [1.54, 1.807) is 24.3 Å². The van der Waals surface area contributed by atoms with Crippen LogP contribution in [0.3, 0.4) is 0 Å². The van der Waals surface area contributed by atoms with Gasteiger partial charge in [0.15, 0.2) is 0 Å². The van der Waals surface area contributed by atoms with E-state index in [0.29, 0.717) is 6.54 Å². The maximum absolute atomic E-state index is 11.5. The summed E-state index contributed by atoms with van der Waals surface area (Å²) in [6.07, 6.45) is 24.7. The Labute approximate surface area is 174 Å². The van der Waals surface area contributed by atoms with Crippen LogP contribution in [0.1, 0.15) is 110 Å². The quantitative estimate of drug-likeness (QED) is 0.215. The van der Waals surface area contributed by atoms with Gasteiger partial charge in [0.05, 0.1) is 0 Å². The summed E-state index contributed by atoms with van der Waals surface area (Å²) < 4.78 is 32.3. The van der Waals surface area contributed by atoms with E-state index in [1.807, 2.05) is 0 Å². The molecule has 6 heteroatoms. The number of unbranched alkanes of at least 4 members (excludes halogenated alkanes) is 15. The van der Waals surface area contributed by atoms with Crippen LogP contribution in [-0.4, -0.2) is 41.9 Å². The van der Waals surface area contributed by atoms with E-state index in [9.17, 15) is 13.0 Å². The van der Waals surface area contributed by atoms with Crippen molar-refractivity contribution < 1.29 is 13.0 Å². The topological polar surface area (TPSA) is 60.9 Å². The van der Waals surface area contributed by atoms with Crippen molar-refractivity contribution in [2.75, 3.05) is 13.6 Å². The van der Waals surface area contributed by atoms with Crippen LogP contribution in [0.2, 0.25) is 0 Å². The Balaban J connectivity index is 1.86. The molecule has 0 aromatic heterocycles. The maximum Gasteiger partial charge on any atom is 0.306 e. The zero-order valence-electron chi connectivity index (χ0n) is 18.3. The molecule has 1 unspecified atom stereocenters. The molecule has 1 aliphatic rings. The fraction of sp³-hybridized carbons (Fsp3) is 0.909. The highest BCUT2D eigenvalue weighted by atomic mass is 32.2. The molecule has 0 saturated carbocycles. The Morgan fingerprint density at radius 3 is 1.50 bits per heavy atom. The first-order chi connectivity index (χ1) is 13.5. The number of nitrogens with zero attached hydrogens (tertiary/aromatic N) is 2. The van der Waals surface area contributed by atoms with Crippen molar-refractivity contribution in [2.24, 2.45) is 0 Å². The van der Waals surface area contributed by atoms with Crippen LogP contribution in [0, 0.1) is 0 Å². The second kappa shape index (κ2) is 15.1. The standard InChI is InChI=1S/C22H44N2O3S/c1-3-4-5-6-7-8-9-10-11-12-13-14-15-16-17-18-19-24-21-20-23(2)22(24)28(25,26)27/h20-22H,3-19H2,1-2H3,(H,25,26,27). The predicted molar refractivity (Wildman–Crippen MR) is 118 cm³/mol. The van der Waals surface area contributed by atoms with E-state index in [2.05, 4.69) is 6.92 Å². The molecule has 5 nitrogen and oxygen atoms in total. The smallest absolute Gasteiger partial charge is 0.306 e. The predicted octanol–water partition coefficient (Wildman–Crippen LogP) is 6.14. The second-order valence-electron chi connectivity index (χ2n) is 8.35. The van der Waals surface area contributed by atoms with Gasteiger partial charge in [-0.2, -0.15) is 8.42 Å². The Kier molecular flexibility index (Phi) is 13.7. The van der Waals surface area contributed by atoms with Crippen molar-refractivity contribution >= 4 is 10.1 Å². The molecule has 0 bridgehead atoms. The van der Waals surface area contributed by atoms with Gasteiger partial charge >= 0.3 is 10.1 Å². The van der Waals surface area contributed by atoms with Crippen molar-refractivity contribution in [3.05, 3.63) is 12.4 Å². The first-order valence-electron chi connectivity index (χ1n) is 11.6. The van der Waals surface area contributed by atoms with Gasteiger partial charge in [-0.15, -0.1) is 0 Å². The van der Waals surface area contributed by atoms with E-state index in [-0.39, 0.29) is 0 Å². The van der Waals surface area contributed by atoms with Gasteiger partial charge in [0.1, 0.15) is 0 Å². The normalized spacial score (nSPS) is 17.0. The summed E-state index contributed by atoms with van der Waals surface area (Å²) in [7, 11) is -2.41. The van der Waals surface area contributed by atoms with Crippen LogP contribution in [0.25, 0.3) is 0 Å². The van der Waals surface area contributed by atoms with E-state index < -0.39 is 15.6 Å². The van der Waals surface area contributed by atoms with Gasteiger partial charge in [-0.05, 0) is 6.42 Å². The summed E-state index contributed by atoms with van der Waals surface area (Å²) in [5, 5.41) is 0. The van der Waals surface area contributed by atoms with Gasteiger partial charge in [0, 0.05) is 26.0 Å². The molecule has 1 N–H and O–H groups in total. The average molecular weight is 417 g/mol. The zero-order chi connectivity index (χ0) is 20.7.